The van der Waals surface area contributed by atoms with Gasteiger partial charge >= 0.3 is 17.9 Å². The fraction of sp³-hybridized carbons (Fsp3) is 0.625. The Morgan fingerprint density at radius 3 is 1.94 bits per heavy atom. The van der Waals surface area contributed by atoms with Crippen LogP contribution in [0.15, 0.2) is 24.3 Å². The lowest BCUT2D eigenvalue weighted by Crippen LogP contribution is -2.44. The first-order valence-corrected chi connectivity index (χ1v) is 11.7. The summed E-state index contributed by atoms with van der Waals surface area (Å²) < 4.78 is 0. The van der Waals surface area contributed by atoms with E-state index in [1.807, 2.05) is 31.0 Å². The Balaban J connectivity index is 2.17. The van der Waals surface area contributed by atoms with Crippen LogP contribution >= 0.6 is 0 Å². The molecule has 3 N–H and O–H groups in total. The predicted molar refractivity (Wildman–Crippen MR) is 128 cm³/mol. The number of carbonyl (C=O) groups is 3. The highest BCUT2D eigenvalue weighted by Gasteiger charge is 2.23. The monoisotopic (exact) mass is 478 g/mol. The fourth-order valence-electron chi connectivity index (χ4n) is 4.32. The van der Waals surface area contributed by atoms with E-state index in [1.54, 1.807) is 0 Å². The maximum absolute atomic E-state index is 11.3. The van der Waals surface area contributed by atoms with Gasteiger partial charge in [0.05, 0.1) is 19.6 Å². The number of likely N-dealkylation sites (N-methyl/N-ethyl adjacent to an activating group) is 1. The minimum atomic E-state index is -1.05. The van der Waals surface area contributed by atoms with Gasteiger partial charge in [0.15, 0.2) is 0 Å². The van der Waals surface area contributed by atoms with Gasteiger partial charge in [0.2, 0.25) is 0 Å². The molecule has 1 aromatic carbocycles. The third-order valence-corrected chi connectivity index (χ3v) is 6.08. The Morgan fingerprint density at radius 2 is 1.38 bits per heavy atom. The molecule has 1 heterocycles. The average molecular weight is 479 g/mol. The summed E-state index contributed by atoms with van der Waals surface area (Å²) in [5.41, 5.74) is 2.27. The number of nitrogens with zero attached hydrogens (tertiary/aromatic N) is 4. The normalized spacial score (nSPS) is 17.6. The molecule has 1 aromatic rings. The van der Waals surface area contributed by atoms with Crippen LogP contribution in [0, 0.1) is 12.8 Å². The molecule has 190 valence electrons. The van der Waals surface area contributed by atoms with Gasteiger partial charge in [0.25, 0.3) is 0 Å². The van der Waals surface area contributed by atoms with Crippen LogP contribution in [0.25, 0.3) is 0 Å². The van der Waals surface area contributed by atoms with E-state index < -0.39 is 17.9 Å². The van der Waals surface area contributed by atoms with Gasteiger partial charge in [-0.1, -0.05) is 29.8 Å². The van der Waals surface area contributed by atoms with Crippen LogP contribution in [0.3, 0.4) is 0 Å². The summed E-state index contributed by atoms with van der Waals surface area (Å²) in [5.74, 6) is -2.93. The summed E-state index contributed by atoms with van der Waals surface area (Å²) in [6.45, 7) is 6.83. The third-order valence-electron chi connectivity index (χ3n) is 6.08. The maximum atomic E-state index is 11.3. The Labute approximate surface area is 201 Å². The highest BCUT2D eigenvalue weighted by atomic mass is 16.4. The maximum Gasteiger partial charge on any atom is 0.317 e. The van der Waals surface area contributed by atoms with Gasteiger partial charge in [0.1, 0.15) is 0 Å². The second-order valence-corrected chi connectivity index (χ2v) is 9.29. The minimum Gasteiger partial charge on any atom is -0.480 e. The molecule has 1 aliphatic rings. The molecule has 10 nitrogen and oxygen atoms in total. The largest absolute Gasteiger partial charge is 0.480 e. The SMILES string of the molecule is Cc1ccc(CC(CN2CCN(C)CCN(CC(=O)O)CC2)CN(CC(=O)O)CC(=O)O)cc1. The number of aliphatic carboxylic acids is 3. The lowest BCUT2D eigenvalue weighted by atomic mass is 9.97. The molecule has 1 aliphatic heterocycles. The van der Waals surface area contributed by atoms with E-state index in [2.05, 4.69) is 21.9 Å². The third kappa shape index (κ3) is 11.1. The number of hydrogen-bond donors (Lipinski definition) is 3. The van der Waals surface area contributed by atoms with Crippen LogP contribution in [-0.4, -0.2) is 132 Å². The molecular formula is C24H38N4O6. The minimum absolute atomic E-state index is 0.000520. The first kappa shape index (κ1) is 27.7. The van der Waals surface area contributed by atoms with Crippen LogP contribution in [0.1, 0.15) is 11.1 Å². The van der Waals surface area contributed by atoms with Crippen LogP contribution < -0.4 is 0 Å². The molecular weight excluding hydrogens is 440 g/mol. The first-order valence-electron chi connectivity index (χ1n) is 11.7. The molecule has 0 radical (unpaired) electrons. The number of rotatable bonds is 12. The van der Waals surface area contributed by atoms with Crippen molar-refractivity contribution < 1.29 is 29.7 Å². The Kier molecular flexibility index (Phi) is 11.4. The van der Waals surface area contributed by atoms with Gasteiger partial charge in [0, 0.05) is 52.4 Å². The molecule has 0 saturated carbocycles. The molecule has 10 heteroatoms. The van der Waals surface area contributed by atoms with E-state index in [4.69, 9.17) is 0 Å². The van der Waals surface area contributed by atoms with Crippen molar-refractivity contribution in [3.63, 3.8) is 0 Å². The molecule has 1 saturated heterocycles. The quantitative estimate of drug-likeness (QED) is 0.385. The number of benzene rings is 1. The molecule has 0 aromatic heterocycles. The van der Waals surface area contributed by atoms with Crippen LogP contribution in [0.2, 0.25) is 0 Å². The summed E-state index contributed by atoms with van der Waals surface area (Å²) in [5, 5.41) is 27.8. The predicted octanol–water partition coefficient (Wildman–Crippen LogP) is 0.259. The van der Waals surface area contributed by atoms with Gasteiger partial charge in [-0.05, 0) is 31.9 Å². The van der Waals surface area contributed by atoms with Crippen molar-refractivity contribution in [2.75, 3.05) is 79.0 Å². The molecule has 34 heavy (non-hydrogen) atoms. The molecule has 0 amide bonds. The molecule has 0 bridgehead atoms. The lowest BCUT2D eigenvalue weighted by molar-refractivity contribution is -0.142. The van der Waals surface area contributed by atoms with Crippen molar-refractivity contribution in [3.8, 4) is 0 Å². The summed E-state index contributed by atoms with van der Waals surface area (Å²) in [6.07, 6.45) is 0.696. The summed E-state index contributed by atoms with van der Waals surface area (Å²) >= 11 is 0. The Hall–Kier alpha value is -2.53. The van der Waals surface area contributed by atoms with Crippen molar-refractivity contribution >= 4 is 17.9 Å². The fourth-order valence-corrected chi connectivity index (χ4v) is 4.32. The Bertz CT molecular complexity index is 787. The van der Waals surface area contributed by atoms with Gasteiger partial charge in [-0.2, -0.15) is 0 Å². The van der Waals surface area contributed by atoms with Crippen molar-refractivity contribution in [3.05, 3.63) is 35.4 Å². The zero-order valence-corrected chi connectivity index (χ0v) is 20.2. The van der Waals surface area contributed by atoms with Gasteiger partial charge in [-0.3, -0.25) is 24.2 Å². The second-order valence-electron chi connectivity index (χ2n) is 9.29. The van der Waals surface area contributed by atoms with Crippen LogP contribution in [0.4, 0.5) is 0 Å². The second kappa shape index (κ2) is 14.0. The number of aryl methyl sites for hydroxylation is 1. The molecule has 1 atom stereocenters. The van der Waals surface area contributed by atoms with Crippen molar-refractivity contribution in [1.29, 1.82) is 0 Å². The van der Waals surface area contributed by atoms with Crippen LogP contribution in [-0.2, 0) is 20.8 Å². The van der Waals surface area contributed by atoms with Crippen molar-refractivity contribution in [2.24, 2.45) is 5.92 Å². The van der Waals surface area contributed by atoms with E-state index in [9.17, 15) is 29.7 Å². The topological polar surface area (TPSA) is 125 Å². The number of carboxylic acids is 3. The first-order chi connectivity index (χ1) is 16.1. The number of hydrogen-bond acceptors (Lipinski definition) is 7. The zero-order chi connectivity index (χ0) is 25.1. The smallest absolute Gasteiger partial charge is 0.317 e. The molecule has 1 fully saturated rings. The summed E-state index contributed by atoms with van der Waals surface area (Å²) in [6, 6.07) is 8.19. The van der Waals surface area contributed by atoms with E-state index >= 15 is 0 Å². The van der Waals surface area contributed by atoms with Crippen LogP contribution in [0.5, 0.6) is 0 Å². The summed E-state index contributed by atoms with van der Waals surface area (Å²) in [7, 11) is 2.02. The summed E-state index contributed by atoms with van der Waals surface area (Å²) in [4.78, 5) is 41.8. The Morgan fingerprint density at radius 1 is 0.853 bits per heavy atom. The van der Waals surface area contributed by atoms with Gasteiger partial charge < -0.3 is 25.1 Å². The van der Waals surface area contributed by atoms with Crippen molar-refractivity contribution in [1.82, 2.24) is 19.6 Å². The molecule has 0 aliphatic carbocycles. The molecule has 1 unspecified atom stereocenters. The highest BCUT2D eigenvalue weighted by Crippen LogP contribution is 2.15. The molecule has 0 spiro atoms. The van der Waals surface area contributed by atoms with E-state index in [0.29, 0.717) is 39.1 Å². The lowest BCUT2D eigenvalue weighted by Gasteiger charge is -2.31. The molecule has 2 rings (SSSR count). The van der Waals surface area contributed by atoms with Gasteiger partial charge in [-0.15, -0.1) is 0 Å². The average Bonchev–Trinajstić information content (AvgIpc) is 2.81. The van der Waals surface area contributed by atoms with Crippen molar-refractivity contribution in [2.45, 2.75) is 13.3 Å². The zero-order valence-electron chi connectivity index (χ0n) is 20.2. The highest BCUT2D eigenvalue weighted by molar-refractivity contribution is 5.72. The van der Waals surface area contributed by atoms with E-state index in [1.165, 1.54) is 4.90 Å². The van der Waals surface area contributed by atoms with E-state index in [0.717, 1.165) is 30.8 Å². The number of carboxylic acid groups (broad SMARTS) is 3. The van der Waals surface area contributed by atoms with E-state index in [-0.39, 0.29) is 25.6 Å². The van der Waals surface area contributed by atoms with Gasteiger partial charge in [-0.25, -0.2) is 0 Å². The standard InChI is InChI=1S/C24H38N4O6/c1-19-3-5-20(6-4-19)13-21(15-28(17-23(31)32)18-24(33)34)14-26-9-7-25(2)8-10-27(12-11-26)16-22(29)30/h3-6,21H,7-18H2,1-2H3,(H,29,30)(H,31,32)(H,33,34).